The minimum atomic E-state index is 0.855. The van der Waals surface area contributed by atoms with Crippen LogP contribution in [0.15, 0.2) is 23.8 Å². The van der Waals surface area contributed by atoms with Crippen LogP contribution in [0.1, 0.15) is 39.5 Å². The van der Waals surface area contributed by atoms with Crippen molar-refractivity contribution in [2.24, 2.45) is 17.8 Å². The Labute approximate surface area is 81.7 Å². The van der Waals surface area contributed by atoms with Gasteiger partial charge >= 0.3 is 0 Å². The van der Waals surface area contributed by atoms with Gasteiger partial charge in [-0.3, -0.25) is 0 Å². The normalized spacial score (nSPS) is 38.3. The fraction of sp³-hybridized carbons (Fsp3) is 0.692. The van der Waals surface area contributed by atoms with E-state index in [1.807, 2.05) is 0 Å². The van der Waals surface area contributed by atoms with Crippen LogP contribution in [0, 0.1) is 17.8 Å². The summed E-state index contributed by atoms with van der Waals surface area (Å²) in [7, 11) is 0. The van der Waals surface area contributed by atoms with Crippen LogP contribution < -0.4 is 0 Å². The molecule has 13 heavy (non-hydrogen) atoms. The Hall–Kier alpha value is -0.520. The Morgan fingerprint density at radius 1 is 1.46 bits per heavy atom. The third-order valence-electron chi connectivity index (χ3n) is 3.72. The van der Waals surface area contributed by atoms with Gasteiger partial charge in [0.25, 0.3) is 0 Å². The summed E-state index contributed by atoms with van der Waals surface area (Å²) in [5, 5.41) is 0. The van der Waals surface area contributed by atoms with Gasteiger partial charge in [0.05, 0.1) is 0 Å². The summed E-state index contributed by atoms with van der Waals surface area (Å²) in [4.78, 5) is 0. The molecule has 3 atom stereocenters. The second-order valence-electron chi connectivity index (χ2n) is 4.60. The van der Waals surface area contributed by atoms with Crippen molar-refractivity contribution in [1.82, 2.24) is 0 Å². The van der Waals surface area contributed by atoms with Crippen LogP contribution in [0.25, 0.3) is 0 Å². The van der Waals surface area contributed by atoms with E-state index in [1.54, 1.807) is 5.57 Å². The molecule has 0 heteroatoms. The Balaban J connectivity index is 2.18. The first-order chi connectivity index (χ1) is 6.31. The van der Waals surface area contributed by atoms with Gasteiger partial charge in [-0.15, -0.1) is 0 Å². The van der Waals surface area contributed by atoms with Gasteiger partial charge in [-0.2, -0.15) is 0 Å². The van der Waals surface area contributed by atoms with Crippen LogP contribution in [0.4, 0.5) is 0 Å². The molecule has 0 aromatic heterocycles. The SMILES string of the molecule is CCC1=CC2C(C)CC=CC2CC1. The van der Waals surface area contributed by atoms with E-state index in [2.05, 4.69) is 32.1 Å². The topological polar surface area (TPSA) is 0 Å². The Kier molecular flexibility index (Phi) is 2.57. The lowest BCUT2D eigenvalue weighted by Gasteiger charge is -2.35. The van der Waals surface area contributed by atoms with Crippen molar-refractivity contribution in [3.8, 4) is 0 Å². The highest BCUT2D eigenvalue weighted by Gasteiger charge is 2.28. The summed E-state index contributed by atoms with van der Waals surface area (Å²) < 4.78 is 0. The van der Waals surface area contributed by atoms with E-state index in [1.165, 1.54) is 25.7 Å². The molecule has 0 aliphatic heterocycles. The minimum absolute atomic E-state index is 0.855. The Bertz CT molecular complexity index is 234. The predicted octanol–water partition coefficient (Wildman–Crippen LogP) is 3.95. The van der Waals surface area contributed by atoms with Crippen LogP contribution in [0.3, 0.4) is 0 Å². The van der Waals surface area contributed by atoms with E-state index >= 15 is 0 Å². The van der Waals surface area contributed by atoms with Crippen LogP contribution in [-0.4, -0.2) is 0 Å². The summed E-state index contributed by atoms with van der Waals surface area (Å²) >= 11 is 0. The molecule has 72 valence electrons. The Morgan fingerprint density at radius 3 is 3.08 bits per heavy atom. The molecule has 0 fully saturated rings. The van der Waals surface area contributed by atoms with Gasteiger partial charge in [-0.1, -0.05) is 37.6 Å². The lowest BCUT2D eigenvalue weighted by molar-refractivity contribution is 0.295. The summed E-state index contributed by atoms with van der Waals surface area (Å²) in [6, 6.07) is 0. The van der Waals surface area contributed by atoms with Crippen molar-refractivity contribution < 1.29 is 0 Å². The first-order valence-corrected chi connectivity index (χ1v) is 5.67. The summed E-state index contributed by atoms with van der Waals surface area (Å²) in [6.45, 7) is 4.69. The molecule has 0 amide bonds. The fourth-order valence-corrected chi connectivity index (χ4v) is 2.75. The highest BCUT2D eigenvalue weighted by Crippen LogP contribution is 2.39. The zero-order chi connectivity index (χ0) is 9.26. The molecule has 2 rings (SSSR count). The van der Waals surface area contributed by atoms with Gasteiger partial charge in [0.15, 0.2) is 0 Å². The summed E-state index contributed by atoms with van der Waals surface area (Å²) in [5.74, 6) is 2.59. The quantitative estimate of drug-likeness (QED) is 0.531. The van der Waals surface area contributed by atoms with Crippen molar-refractivity contribution in [3.05, 3.63) is 23.8 Å². The van der Waals surface area contributed by atoms with Gasteiger partial charge in [-0.25, -0.2) is 0 Å². The second-order valence-corrected chi connectivity index (χ2v) is 4.60. The van der Waals surface area contributed by atoms with E-state index in [0.717, 1.165) is 17.8 Å². The van der Waals surface area contributed by atoms with Crippen molar-refractivity contribution in [2.75, 3.05) is 0 Å². The van der Waals surface area contributed by atoms with E-state index in [0.29, 0.717) is 0 Å². The van der Waals surface area contributed by atoms with Crippen molar-refractivity contribution >= 4 is 0 Å². The standard InChI is InChI=1S/C13H20/c1-3-11-7-8-12-6-4-5-10(2)13(12)9-11/h4,6,9-10,12-13H,3,5,7-8H2,1-2H3. The molecule has 2 aliphatic carbocycles. The monoisotopic (exact) mass is 176 g/mol. The lowest BCUT2D eigenvalue weighted by atomic mass is 9.70. The number of allylic oxidation sites excluding steroid dienone is 4. The summed E-state index contributed by atoms with van der Waals surface area (Å²) in [5.41, 5.74) is 1.70. The van der Waals surface area contributed by atoms with Crippen molar-refractivity contribution in [2.45, 2.75) is 39.5 Å². The first-order valence-electron chi connectivity index (χ1n) is 5.67. The first kappa shape index (κ1) is 9.05. The molecule has 0 bridgehead atoms. The van der Waals surface area contributed by atoms with E-state index in [9.17, 15) is 0 Å². The molecule has 0 radical (unpaired) electrons. The second kappa shape index (κ2) is 3.69. The molecule has 2 aliphatic rings. The lowest BCUT2D eigenvalue weighted by Crippen LogP contribution is -2.24. The number of hydrogen-bond acceptors (Lipinski definition) is 0. The maximum Gasteiger partial charge on any atom is -0.0139 e. The van der Waals surface area contributed by atoms with Crippen LogP contribution >= 0.6 is 0 Å². The number of rotatable bonds is 1. The van der Waals surface area contributed by atoms with Gasteiger partial charge in [0.2, 0.25) is 0 Å². The largest absolute Gasteiger partial charge is 0.0880 e. The third-order valence-corrected chi connectivity index (χ3v) is 3.72. The van der Waals surface area contributed by atoms with E-state index in [-0.39, 0.29) is 0 Å². The summed E-state index contributed by atoms with van der Waals surface area (Å²) in [6.07, 6.45) is 12.7. The molecular weight excluding hydrogens is 156 g/mol. The highest BCUT2D eigenvalue weighted by atomic mass is 14.3. The third kappa shape index (κ3) is 1.72. The number of fused-ring (bicyclic) bond motifs is 1. The molecule has 0 N–H and O–H groups in total. The number of hydrogen-bond donors (Lipinski definition) is 0. The average Bonchev–Trinajstić information content (AvgIpc) is 2.18. The van der Waals surface area contributed by atoms with E-state index in [4.69, 9.17) is 0 Å². The fourth-order valence-electron chi connectivity index (χ4n) is 2.75. The minimum Gasteiger partial charge on any atom is -0.0880 e. The maximum atomic E-state index is 2.57. The molecule has 3 unspecified atom stereocenters. The zero-order valence-electron chi connectivity index (χ0n) is 8.79. The van der Waals surface area contributed by atoms with Crippen molar-refractivity contribution in [3.63, 3.8) is 0 Å². The van der Waals surface area contributed by atoms with Crippen LogP contribution in [-0.2, 0) is 0 Å². The molecule has 0 spiro atoms. The van der Waals surface area contributed by atoms with Crippen molar-refractivity contribution in [1.29, 1.82) is 0 Å². The van der Waals surface area contributed by atoms with Gasteiger partial charge in [-0.05, 0) is 43.4 Å². The van der Waals surface area contributed by atoms with Gasteiger partial charge < -0.3 is 0 Å². The molecular formula is C13H20. The molecule has 0 nitrogen and oxygen atoms in total. The van der Waals surface area contributed by atoms with Gasteiger partial charge in [0, 0.05) is 0 Å². The van der Waals surface area contributed by atoms with Crippen LogP contribution in [0.2, 0.25) is 0 Å². The molecule has 0 heterocycles. The van der Waals surface area contributed by atoms with Crippen LogP contribution in [0.5, 0.6) is 0 Å². The highest BCUT2D eigenvalue weighted by molar-refractivity contribution is 5.16. The average molecular weight is 176 g/mol. The van der Waals surface area contributed by atoms with E-state index < -0.39 is 0 Å². The molecule has 0 aromatic rings. The maximum absolute atomic E-state index is 2.57. The molecule has 0 saturated carbocycles. The molecule has 0 saturated heterocycles. The Morgan fingerprint density at radius 2 is 2.31 bits per heavy atom. The van der Waals surface area contributed by atoms with Gasteiger partial charge in [0.1, 0.15) is 0 Å². The molecule has 0 aromatic carbocycles. The predicted molar refractivity (Wildman–Crippen MR) is 57.5 cm³/mol. The smallest absolute Gasteiger partial charge is 0.0139 e. The zero-order valence-corrected chi connectivity index (χ0v) is 8.79.